The van der Waals surface area contributed by atoms with Gasteiger partial charge in [-0.15, -0.1) is 12.4 Å². The van der Waals surface area contributed by atoms with Gasteiger partial charge in [0.15, 0.2) is 0 Å². The fourth-order valence-corrected chi connectivity index (χ4v) is 4.59. The van der Waals surface area contributed by atoms with Crippen molar-refractivity contribution in [1.82, 2.24) is 15.1 Å². The second-order valence-corrected chi connectivity index (χ2v) is 7.94. The summed E-state index contributed by atoms with van der Waals surface area (Å²) in [6, 6.07) is 0. The summed E-state index contributed by atoms with van der Waals surface area (Å²) in [6.07, 6.45) is 11.5. The number of amides is 1. The van der Waals surface area contributed by atoms with Gasteiger partial charge < -0.3 is 10.2 Å². The van der Waals surface area contributed by atoms with Crippen molar-refractivity contribution < 1.29 is 4.79 Å². The standard InChI is InChI=1S/C19H35N3O.ClH/c23-19(9-8-17-5-2-1-3-6-17)22-13-11-21(12-14-22)16-18-7-4-10-20-15-18;/h17-18,20H,1-16H2;1H. The Balaban J connectivity index is 0.00000208. The predicted molar refractivity (Wildman–Crippen MR) is 102 cm³/mol. The summed E-state index contributed by atoms with van der Waals surface area (Å²) in [5, 5.41) is 3.51. The first-order valence-electron chi connectivity index (χ1n) is 10.0. The number of hydrogen-bond donors (Lipinski definition) is 1. The lowest BCUT2D eigenvalue weighted by Crippen LogP contribution is -2.50. The van der Waals surface area contributed by atoms with Crippen molar-refractivity contribution in [3.63, 3.8) is 0 Å². The summed E-state index contributed by atoms with van der Waals surface area (Å²) < 4.78 is 0. The Morgan fingerprint density at radius 3 is 2.29 bits per heavy atom. The molecule has 0 aromatic heterocycles. The molecule has 0 aromatic rings. The van der Waals surface area contributed by atoms with Crippen LogP contribution in [0.3, 0.4) is 0 Å². The number of rotatable bonds is 5. The second-order valence-electron chi connectivity index (χ2n) is 7.94. The molecule has 2 saturated heterocycles. The number of nitrogens with one attached hydrogen (secondary N) is 1. The fourth-order valence-electron chi connectivity index (χ4n) is 4.59. The lowest BCUT2D eigenvalue weighted by Gasteiger charge is -2.37. The van der Waals surface area contributed by atoms with Gasteiger partial charge in [-0.25, -0.2) is 0 Å². The van der Waals surface area contributed by atoms with Crippen LogP contribution >= 0.6 is 12.4 Å². The van der Waals surface area contributed by atoms with Gasteiger partial charge in [-0.3, -0.25) is 9.69 Å². The Kier molecular flexibility index (Phi) is 8.85. The zero-order valence-corrected chi connectivity index (χ0v) is 16.0. The molecule has 1 aliphatic carbocycles. The van der Waals surface area contributed by atoms with Crippen molar-refractivity contribution in [1.29, 1.82) is 0 Å². The first kappa shape index (κ1) is 20.0. The highest BCUT2D eigenvalue weighted by Gasteiger charge is 2.24. The van der Waals surface area contributed by atoms with Crippen LogP contribution in [0.4, 0.5) is 0 Å². The van der Waals surface area contributed by atoms with Crippen LogP contribution in [0.15, 0.2) is 0 Å². The number of carbonyl (C=O) groups excluding carboxylic acids is 1. The summed E-state index contributed by atoms with van der Waals surface area (Å²) in [4.78, 5) is 17.1. The van der Waals surface area contributed by atoms with Crippen LogP contribution in [0.1, 0.15) is 57.8 Å². The van der Waals surface area contributed by atoms with Crippen molar-refractivity contribution in [3.8, 4) is 0 Å². The number of carbonyl (C=O) groups is 1. The molecule has 0 radical (unpaired) electrons. The quantitative estimate of drug-likeness (QED) is 0.821. The Morgan fingerprint density at radius 1 is 0.917 bits per heavy atom. The molecule has 5 heteroatoms. The molecular weight excluding hydrogens is 322 g/mol. The van der Waals surface area contributed by atoms with Crippen LogP contribution in [0.2, 0.25) is 0 Å². The zero-order chi connectivity index (χ0) is 15.9. The molecule has 1 amide bonds. The van der Waals surface area contributed by atoms with Gasteiger partial charge in [0, 0.05) is 39.1 Å². The number of halogens is 1. The van der Waals surface area contributed by atoms with Crippen LogP contribution in [0.25, 0.3) is 0 Å². The van der Waals surface area contributed by atoms with E-state index in [4.69, 9.17) is 0 Å². The first-order valence-corrected chi connectivity index (χ1v) is 10.0. The van der Waals surface area contributed by atoms with E-state index in [2.05, 4.69) is 15.1 Å². The lowest BCUT2D eigenvalue weighted by atomic mass is 9.86. The summed E-state index contributed by atoms with van der Waals surface area (Å²) in [5.41, 5.74) is 0. The van der Waals surface area contributed by atoms with Crippen LogP contribution in [0.5, 0.6) is 0 Å². The van der Waals surface area contributed by atoms with E-state index < -0.39 is 0 Å². The molecule has 4 nitrogen and oxygen atoms in total. The van der Waals surface area contributed by atoms with Gasteiger partial charge in [0.2, 0.25) is 5.91 Å². The Bertz CT molecular complexity index is 360. The SMILES string of the molecule is Cl.O=C(CCC1CCCCC1)N1CCN(CC2CCCNC2)CC1. The lowest BCUT2D eigenvalue weighted by molar-refractivity contribution is -0.133. The highest BCUT2D eigenvalue weighted by atomic mass is 35.5. The Morgan fingerprint density at radius 2 is 1.62 bits per heavy atom. The topological polar surface area (TPSA) is 35.6 Å². The van der Waals surface area contributed by atoms with E-state index in [9.17, 15) is 4.79 Å². The average molecular weight is 358 g/mol. The minimum Gasteiger partial charge on any atom is -0.340 e. The molecule has 2 aliphatic heterocycles. The molecule has 1 unspecified atom stereocenters. The first-order chi connectivity index (χ1) is 11.3. The highest BCUT2D eigenvalue weighted by Crippen LogP contribution is 2.27. The average Bonchev–Trinajstić information content (AvgIpc) is 2.62. The molecule has 3 rings (SSSR count). The van der Waals surface area contributed by atoms with E-state index >= 15 is 0 Å². The molecule has 1 saturated carbocycles. The molecule has 0 aromatic carbocycles. The third kappa shape index (κ3) is 6.20. The van der Waals surface area contributed by atoms with E-state index in [1.807, 2.05) is 0 Å². The fraction of sp³-hybridized carbons (Fsp3) is 0.947. The summed E-state index contributed by atoms with van der Waals surface area (Å²) >= 11 is 0. The summed E-state index contributed by atoms with van der Waals surface area (Å²) in [5.74, 6) is 2.06. The Labute approximate surface area is 154 Å². The van der Waals surface area contributed by atoms with Gasteiger partial charge in [0.25, 0.3) is 0 Å². The van der Waals surface area contributed by atoms with Crippen LogP contribution in [-0.2, 0) is 4.79 Å². The predicted octanol–water partition coefficient (Wildman–Crippen LogP) is 2.91. The van der Waals surface area contributed by atoms with E-state index in [0.29, 0.717) is 5.91 Å². The number of piperidine rings is 1. The van der Waals surface area contributed by atoms with Gasteiger partial charge in [-0.2, -0.15) is 0 Å². The maximum Gasteiger partial charge on any atom is 0.222 e. The third-order valence-electron chi connectivity index (χ3n) is 6.13. The molecule has 3 aliphatic rings. The second kappa shape index (κ2) is 10.6. The molecule has 0 spiro atoms. The van der Waals surface area contributed by atoms with Crippen molar-refractivity contribution in [3.05, 3.63) is 0 Å². The number of nitrogens with zero attached hydrogens (tertiary/aromatic N) is 2. The maximum absolute atomic E-state index is 12.4. The van der Waals surface area contributed by atoms with E-state index in [0.717, 1.165) is 50.9 Å². The molecule has 1 N–H and O–H groups in total. The molecular formula is C19H36ClN3O. The largest absolute Gasteiger partial charge is 0.340 e. The highest BCUT2D eigenvalue weighted by molar-refractivity contribution is 5.85. The number of hydrogen-bond acceptors (Lipinski definition) is 3. The van der Waals surface area contributed by atoms with Gasteiger partial charge in [-0.05, 0) is 44.2 Å². The van der Waals surface area contributed by atoms with Gasteiger partial charge in [0.05, 0.1) is 0 Å². The van der Waals surface area contributed by atoms with Crippen molar-refractivity contribution in [2.24, 2.45) is 11.8 Å². The minimum atomic E-state index is 0. The van der Waals surface area contributed by atoms with Crippen molar-refractivity contribution in [2.75, 3.05) is 45.8 Å². The van der Waals surface area contributed by atoms with E-state index in [1.54, 1.807) is 0 Å². The van der Waals surface area contributed by atoms with Crippen LogP contribution in [0, 0.1) is 11.8 Å². The molecule has 1 atom stereocenters. The molecule has 140 valence electrons. The normalized spacial score (nSPS) is 26.8. The van der Waals surface area contributed by atoms with E-state index in [-0.39, 0.29) is 12.4 Å². The zero-order valence-electron chi connectivity index (χ0n) is 15.2. The van der Waals surface area contributed by atoms with Gasteiger partial charge in [-0.1, -0.05) is 32.1 Å². The maximum atomic E-state index is 12.4. The van der Waals surface area contributed by atoms with E-state index in [1.165, 1.54) is 64.6 Å². The molecule has 3 fully saturated rings. The Hall–Kier alpha value is -0.320. The molecule has 0 bridgehead atoms. The van der Waals surface area contributed by atoms with Gasteiger partial charge >= 0.3 is 0 Å². The van der Waals surface area contributed by atoms with Gasteiger partial charge in [0.1, 0.15) is 0 Å². The van der Waals surface area contributed by atoms with Crippen molar-refractivity contribution >= 4 is 18.3 Å². The molecule has 24 heavy (non-hydrogen) atoms. The third-order valence-corrected chi connectivity index (χ3v) is 6.13. The summed E-state index contributed by atoms with van der Waals surface area (Å²) in [7, 11) is 0. The van der Waals surface area contributed by atoms with Crippen molar-refractivity contribution in [2.45, 2.75) is 57.8 Å². The molecule has 2 heterocycles. The van der Waals surface area contributed by atoms with Crippen LogP contribution < -0.4 is 5.32 Å². The van der Waals surface area contributed by atoms with Crippen LogP contribution in [-0.4, -0.2) is 61.5 Å². The smallest absolute Gasteiger partial charge is 0.222 e. The summed E-state index contributed by atoms with van der Waals surface area (Å²) in [6.45, 7) is 7.64. The number of piperazine rings is 1. The minimum absolute atomic E-state index is 0. The monoisotopic (exact) mass is 357 g/mol.